The Bertz CT molecular complexity index is 525. The van der Waals surface area contributed by atoms with E-state index in [9.17, 15) is 9.59 Å². The third-order valence-electron chi connectivity index (χ3n) is 4.23. The van der Waals surface area contributed by atoms with E-state index in [4.69, 9.17) is 4.42 Å². The Labute approximate surface area is 137 Å². The summed E-state index contributed by atoms with van der Waals surface area (Å²) in [5, 5.41) is 5.55. The van der Waals surface area contributed by atoms with Gasteiger partial charge in [0, 0.05) is 19.6 Å². The van der Waals surface area contributed by atoms with Gasteiger partial charge in [0.25, 0.3) is 5.91 Å². The zero-order chi connectivity index (χ0) is 16.9. The number of amides is 2. The fourth-order valence-corrected chi connectivity index (χ4v) is 2.97. The summed E-state index contributed by atoms with van der Waals surface area (Å²) < 4.78 is 4.86. The van der Waals surface area contributed by atoms with Gasteiger partial charge in [-0.2, -0.15) is 0 Å². The lowest BCUT2D eigenvalue weighted by Crippen LogP contribution is -2.48. The summed E-state index contributed by atoms with van der Waals surface area (Å²) in [4.78, 5) is 26.3. The predicted octanol–water partition coefficient (Wildman–Crippen LogP) is 1.64. The summed E-state index contributed by atoms with van der Waals surface area (Å²) in [7, 11) is 0. The second-order valence-corrected chi connectivity index (χ2v) is 7.04. The van der Waals surface area contributed by atoms with Crippen LogP contribution in [0.25, 0.3) is 0 Å². The lowest BCUT2D eigenvalue weighted by atomic mass is 9.84. The van der Waals surface area contributed by atoms with Crippen LogP contribution in [-0.4, -0.2) is 48.9 Å². The second-order valence-electron chi connectivity index (χ2n) is 7.04. The molecule has 23 heavy (non-hydrogen) atoms. The number of likely N-dealkylation sites (tertiary alicyclic amines) is 1. The van der Waals surface area contributed by atoms with Crippen molar-refractivity contribution in [3.8, 4) is 0 Å². The lowest BCUT2D eigenvalue weighted by Gasteiger charge is -2.38. The van der Waals surface area contributed by atoms with Crippen LogP contribution < -0.4 is 10.6 Å². The van der Waals surface area contributed by atoms with E-state index >= 15 is 0 Å². The summed E-state index contributed by atoms with van der Waals surface area (Å²) >= 11 is 0. The average Bonchev–Trinajstić information content (AvgIpc) is 3.00. The molecular formula is C17H27N3O3. The smallest absolute Gasteiger partial charge is 0.255 e. The largest absolute Gasteiger partial charge is 0.472 e. The van der Waals surface area contributed by atoms with Gasteiger partial charge in [-0.15, -0.1) is 0 Å². The molecule has 2 N–H and O–H groups in total. The molecule has 0 aliphatic carbocycles. The fraction of sp³-hybridized carbons (Fsp3) is 0.647. The Balaban J connectivity index is 1.69. The molecule has 1 saturated heterocycles. The summed E-state index contributed by atoms with van der Waals surface area (Å²) in [6.45, 7) is 9.84. The van der Waals surface area contributed by atoms with Crippen molar-refractivity contribution in [2.24, 2.45) is 5.41 Å². The summed E-state index contributed by atoms with van der Waals surface area (Å²) in [5.41, 5.74) is 0.772. The summed E-state index contributed by atoms with van der Waals surface area (Å²) in [6.07, 6.45) is 5.25. The van der Waals surface area contributed by atoms with Crippen molar-refractivity contribution >= 4 is 11.8 Å². The molecule has 1 fully saturated rings. The van der Waals surface area contributed by atoms with Crippen LogP contribution in [0.1, 0.15) is 44.0 Å². The lowest BCUT2D eigenvalue weighted by molar-refractivity contribution is -0.122. The van der Waals surface area contributed by atoms with E-state index in [2.05, 4.69) is 29.4 Å². The third kappa shape index (κ3) is 5.39. The van der Waals surface area contributed by atoms with E-state index in [0.717, 1.165) is 19.6 Å². The van der Waals surface area contributed by atoms with E-state index in [1.54, 1.807) is 13.0 Å². The first-order valence-corrected chi connectivity index (χ1v) is 8.20. The number of hydrogen-bond acceptors (Lipinski definition) is 4. The molecule has 1 atom stereocenters. The van der Waals surface area contributed by atoms with Crippen molar-refractivity contribution < 1.29 is 14.0 Å². The Hall–Kier alpha value is -1.82. The molecular weight excluding hydrogens is 294 g/mol. The maximum atomic E-state index is 12.0. The van der Waals surface area contributed by atoms with Gasteiger partial charge in [-0.25, -0.2) is 0 Å². The molecule has 2 amide bonds. The maximum Gasteiger partial charge on any atom is 0.255 e. The van der Waals surface area contributed by atoms with Gasteiger partial charge >= 0.3 is 0 Å². The molecule has 6 nitrogen and oxygen atoms in total. The van der Waals surface area contributed by atoms with E-state index in [0.29, 0.717) is 17.5 Å². The number of nitrogens with one attached hydrogen (secondary N) is 2. The molecule has 0 saturated carbocycles. The van der Waals surface area contributed by atoms with Gasteiger partial charge in [0.15, 0.2) is 0 Å². The van der Waals surface area contributed by atoms with Crippen LogP contribution in [0.3, 0.4) is 0 Å². The Morgan fingerprint density at radius 3 is 2.87 bits per heavy atom. The molecule has 0 aromatic carbocycles. The van der Waals surface area contributed by atoms with Crippen LogP contribution in [0.5, 0.6) is 0 Å². The first kappa shape index (κ1) is 17.5. The average molecular weight is 321 g/mol. The molecule has 1 aliphatic heterocycles. The Morgan fingerprint density at radius 1 is 1.43 bits per heavy atom. The Kier molecular flexibility index (Phi) is 5.82. The number of rotatable bonds is 6. The van der Waals surface area contributed by atoms with E-state index in [-0.39, 0.29) is 11.8 Å². The standard InChI is InChI=1S/C17H27N3O3/c1-13(19-16(22)14-5-10-23-11-14)15(21)18-7-9-20-8-4-6-17(2,3)12-20/h5,10-11,13H,4,6-9,12H2,1-3H3,(H,18,21)(H,19,22)/t13-/m0/s1. The van der Waals surface area contributed by atoms with Crippen molar-refractivity contribution in [3.05, 3.63) is 24.2 Å². The fourth-order valence-electron chi connectivity index (χ4n) is 2.97. The van der Waals surface area contributed by atoms with Crippen LogP contribution in [-0.2, 0) is 4.79 Å². The van der Waals surface area contributed by atoms with Gasteiger partial charge in [0.1, 0.15) is 12.3 Å². The number of carbonyl (C=O) groups is 2. The van der Waals surface area contributed by atoms with Crippen LogP contribution >= 0.6 is 0 Å². The maximum absolute atomic E-state index is 12.0. The highest BCUT2D eigenvalue weighted by Gasteiger charge is 2.26. The molecule has 2 heterocycles. The highest BCUT2D eigenvalue weighted by atomic mass is 16.3. The van der Waals surface area contributed by atoms with Crippen molar-refractivity contribution in [2.75, 3.05) is 26.2 Å². The molecule has 0 unspecified atom stereocenters. The normalized spacial score (nSPS) is 19.1. The minimum atomic E-state index is -0.574. The SMILES string of the molecule is C[C@H](NC(=O)c1ccoc1)C(=O)NCCN1CCCC(C)(C)C1. The molecule has 1 aliphatic rings. The molecule has 6 heteroatoms. The minimum absolute atomic E-state index is 0.168. The van der Waals surface area contributed by atoms with Crippen molar-refractivity contribution in [2.45, 2.75) is 39.7 Å². The number of nitrogens with zero attached hydrogens (tertiary/aromatic N) is 1. The molecule has 0 bridgehead atoms. The second kappa shape index (κ2) is 7.64. The van der Waals surface area contributed by atoms with E-state index < -0.39 is 6.04 Å². The van der Waals surface area contributed by atoms with Crippen LogP contribution in [0.2, 0.25) is 0 Å². The zero-order valence-corrected chi connectivity index (χ0v) is 14.2. The van der Waals surface area contributed by atoms with Gasteiger partial charge in [0.2, 0.25) is 5.91 Å². The molecule has 2 rings (SSSR count). The summed E-state index contributed by atoms with van der Waals surface area (Å²) in [6, 6.07) is 0.994. The van der Waals surface area contributed by atoms with E-state index in [1.807, 2.05) is 0 Å². The zero-order valence-electron chi connectivity index (χ0n) is 14.2. The highest BCUT2D eigenvalue weighted by molar-refractivity contribution is 5.97. The number of furan rings is 1. The number of piperidine rings is 1. The van der Waals surface area contributed by atoms with Crippen molar-refractivity contribution in [1.29, 1.82) is 0 Å². The predicted molar refractivity (Wildman–Crippen MR) is 88.1 cm³/mol. The monoisotopic (exact) mass is 321 g/mol. The third-order valence-corrected chi connectivity index (χ3v) is 4.23. The van der Waals surface area contributed by atoms with Crippen molar-refractivity contribution in [1.82, 2.24) is 15.5 Å². The summed E-state index contributed by atoms with van der Waals surface area (Å²) in [5.74, 6) is -0.475. The number of carbonyl (C=O) groups excluding carboxylic acids is 2. The molecule has 1 aromatic rings. The van der Waals surface area contributed by atoms with Crippen LogP contribution in [0, 0.1) is 5.41 Å². The van der Waals surface area contributed by atoms with Crippen LogP contribution in [0.4, 0.5) is 0 Å². The quantitative estimate of drug-likeness (QED) is 0.835. The topological polar surface area (TPSA) is 74.6 Å². The first-order chi connectivity index (χ1) is 10.9. The van der Waals surface area contributed by atoms with Gasteiger partial charge < -0.3 is 20.0 Å². The highest BCUT2D eigenvalue weighted by Crippen LogP contribution is 2.27. The first-order valence-electron chi connectivity index (χ1n) is 8.20. The Morgan fingerprint density at radius 2 is 2.22 bits per heavy atom. The van der Waals surface area contributed by atoms with Gasteiger partial charge in [-0.1, -0.05) is 13.8 Å². The minimum Gasteiger partial charge on any atom is -0.472 e. The number of hydrogen-bond donors (Lipinski definition) is 2. The van der Waals surface area contributed by atoms with Gasteiger partial charge in [-0.05, 0) is 37.8 Å². The van der Waals surface area contributed by atoms with Crippen molar-refractivity contribution in [3.63, 3.8) is 0 Å². The van der Waals surface area contributed by atoms with Gasteiger partial charge in [0.05, 0.1) is 11.8 Å². The van der Waals surface area contributed by atoms with Crippen LogP contribution in [0.15, 0.2) is 23.0 Å². The molecule has 0 spiro atoms. The molecule has 1 aromatic heterocycles. The molecule has 128 valence electrons. The van der Waals surface area contributed by atoms with Gasteiger partial charge in [-0.3, -0.25) is 9.59 Å². The molecule has 0 radical (unpaired) electrons. The van der Waals surface area contributed by atoms with E-state index in [1.165, 1.54) is 25.4 Å².